The van der Waals surface area contributed by atoms with Crippen molar-refractivity contribution in [2.45, 2.75) is 23.4 Å². The molecule has 3 rings (SSSR count). The molecule has 0 saturated heterocycles. The molecule has 0 aliphatic carbocycles. The van der Waals surface area contributed by atoms with Gasteiger partial charge in [0.1, 0.15) is 5.75 Å². The van der Waals surface area contributed by atoms with Crippen molar-refractivity contribution in [3.8, 4) is 5.75 Å². The Balaban J connectivity index is 1.51. The van der Waals surface area contributed by atoms with E-state index in [0.29, 0.717) is 0 Å². The lowest BCUT2D eigenvalue weighted by Gasteiger charge is -2.08. The summed E-state index contributed by atoms with van der Waals surface area (Å²) in [6, 6.07) is 16.7. The van der Waals surface area contributed by atoms with Crippen molar-refractivity contribution in [3.05, 3.63) is 65.2 Å². The molecule has 130 valence electrons. The van der Waals surface area contributed by atoms with E-state index in [1.807, 2.05) is 12.1 Å². The fourth-order valence-corrected chi connectivity index (χ4v) is 4.21. The third kappa shape index (κ3) is 5.21. The first kappa shape index (κ1) is 17.8. The Morgan fingerprint density at radius 1 is 1.12 bits per heavy atom. The highest BCUT2D eigenvalue weighted by Crippen LogP contribution is 2.31. The average Bonchev–Trinajstić information content (AvgIpc) is 3.09. The zero-order chi connectivity index (χ0) is 17.5. The Morgan fingerprint density at radius 3 is 2.76 bits per heavy atom. The van der Waals surface area contributed by atoms with Crippen LogP contribution >= 0.6 is 23.1 Å². The van der Waals surface area contributed by atoms with E-state index in [1.165, 1.54) is 16.7 Å². The highest BCUT2D eigenvalue weighted by molar-refractivity contribution is 8.00. The van der Waals surface area contributed by atoms with Crippen molar-refractivity contribution in [1.29, 1.82) is 0 Å². The quantitative estimate of drug-likeness (QED) is 0.576. The number of methoxy groups -OCH3 is 1. The summed E-state index contributed by atoms with van der Waals surface area (Å²) in [5.74, 6) is 1.74. The molecular weight excluding hydrogens is 350 g/mol. The molecule has 0 fully saturated rings. The van der Waals surface area contributed by atoms with Crippen LogP contribution in [-0.2, 0) is 12.2 Å². The first-order chi connectivity index (χ1) is 12.2. The van der Waals surface area contributed by atoms with Crippen LogP contribution in [0.1, 0.15) is 16.7 Å². The molecule has 6 heteroatoms. The summed E-state index contributed by atoms with van der Waals surface area (Å²) in [6.07, 6.45) is 0.976. The van der Waals surface area contributed by atoms with E-state index in [0.717, 1.165) is 33.9 Å². The number of hydrogen-bond acceptors (Lipinski definition) is 6. The van der Waals surface area contributed by atoms with Gasteiger partial charge in [0, 0.05) is 17.9 Å². The van der Waals surface area contributed by atoms with Gasteiger partial charge in [-0.1, -0.05) is 71.1 Å². The van der Waals surface area contributed by atoms with Gasteiger partial charge in [-0.05, 0) is 25.0 Å². The van der Waals surface area contributed by atoms with Gasteiger partial charge in [-0.3, -0.25) is 0 Å². The first-order valence-electron chi connectivity index (χ1n) is 8.12. The molecule has 0 atom stereocenters. The number of nitrogens with one attached hydrogen (secondary N) is 1. The van der Waals surface area contributed by atoms with Crippen molar-refractivity contribution in [2.75, 3.05) is 19.0 Å². The first-order valence-corrected chi connectivity index (χ1v) is 9.92. The van der Waals surface area contributed by atoms with Crippen LogP contribution in [0.3, 0.4) is 0 Å². The lowest BCUT2D eigenvalue weighted by molar-refractivity contribution is 0.411. The van der Waals surface area contributed by atoms with Crippen molar-refractivity contribution in [3.63, 3.8) is 0 Å². The maximum Gasteiger partial charge on any atom is 0.206 e. The fraction of sp³-hybridized carbons (Fsp3) is 0.263. The van der Waals surface area contributed by atoms with E-state index in [-0.39, 0.29) is 0 Å². The number of aromatic nitrogens is 2. The van der Waals surface area contributed by atoms with E-state index >= 15 is 0 Å². The van der Waals surface area contributed by atoms with Crippen LogP contribution in [0.25, 0.3) is 0 Å². The number of hydrogen-bond donors (Lipinski definition) is 1. The summed E-state index contributed by atoms with van der Waals surface area (Å²) in [6.45, 7) is 2.95. The maximum absolute atomic E-state index is 5.43. The van der Waals surface area contributed by atoms with Crippen LogP contribution < -0.4 is 10.1 Å². The number of thioether (sulfide) groups is 1. The molecule has 0 bridgehead atoms. The summed E-state index contributed by atoms with van der Waals surface area (Å²) in [5.41, 5.74) is 3.74. The predicted octanol–water partition coefficient (Wildman–Crippen LogP) is 4.80. The Kier molecular flexibility index (Phi) is 6.30. The molecule has 4 nitrogen and oxygen atoms in total. The Hall–Kier alpha value is -2.05. The second-order valence-electron chi connectivity index (χ2n) is 5.64. The molecule has 0 radical (unpaired) electrons. The summed E-state index contributed by atoms with van der Waals surface area (Å²) < 4.78 is 6.39. The van der Waals surface area contributed by atoms with Crippen LogP contribution in [0, 0.1) is 6.92 Å². The minimum absolute atomic E-state index is 0.823. The van der Waals surface area contributed by atoms with Crippen molar-refractivity contribution < 1.29 is 4.74 Å². The number of rotatable bonds is 8. The Bertz CT molecular complexity index is 805. The van der Waals surface area contributed by atoms with E-state index < -0.39 is 0 Å². The van der Waals surface area contributed by atoms with Crippen molar-refractivity contribution in [2.24, 2.45) is 0 Å². The topological polar surface area (TPSA) is 47.0 Å². The lowest BCUT2D eigenvalue weighted by atomic mass is 10.1. The molecule has 0 amide bonds. The third-order valence-corrected chi connectivity index (χ3v) is 5.79. The zero-order valence-corrected chi connectivity index (χ0v) is 16.0. The van der Waals surface area contributed by atoms with Gasteiger partial charge in [0.2, 0.25) is 5.13 Å². The van der Waals surface area contributed by atoms with Gasteiger partial charge in [0.05, 0.1) is 7.11 Å². The monoisotopic (exact) mass is 371 g/mol. The second kappa shape index (κ2) is 8.87. The van der Waals surface area contributed by atoms with Crippen molar-refractivity contribution >= 4 is 28.2 Å². The van der Waals surface area contributed by atoms with Gasteiger partial charge in [0.15, 0.2) is 4.34 Å². The standard InChI is InChI=1S/C19H21N3OS2/c1-14-8-9-17(23-2)16(12-14)13-24-19-22-21-18(25-19)20-11-10-15-6-4-3-5-7-15/h3-9,12H,10-11,13H2,1-2H3,(H,20,21). The molecule has 25 heavy (non-hydrogen) atoms. The number of anilines is 1. The SMILES string of the molecule is COc1ccc(C)cc1CSc1nnc(NCCc2ccccc2)s1. The van der Waals surface area contributed by atoms with Crippen LogP contribution in [0.2, 0.25) is 0 Å². The minimum atomic E-state index is 0.823. The van der Waals surface area contributed by atoms with Crippen LogP contribution in [0.15, 0.2) is 52.9 Å². The molecule has 0 spiro atoms. The number of nitrogens with zero attached hydrogens (tertiary/aromatic N) is 2. The normalized spacial score (nSPS) is 10.6. The van der Waals surface area contributed by atoms with Crippen molar-refractivity contribution in [1.82, 2.24) is 10.2 Å². The molecule has 1 heterocycles. The van der Waals surface area contributed by atoms with Crippen LogP contribution in [0.4, 0.5) is 5.13 Å². The minimum Gasteiger partial charge on any atom is -0.496 e. The van der Waals surface area contributed by atoms with Gasteiger partial charge in [-0.2, -0.15) is 0 Å². The molecule has 0 saturated carbocycles. The molecule has 2 aromatic carbocycles. The summed E-state index contributed by atoms with van der Waals surface area (Å²) in [7, 11) is 1.71. The second-order valence-corrected chi connectivity index (χ2v) is 7.84. The Morgan fingerprint density at radius 2 is 1.96 bits per heavy atom. The zero-order valence-electron chi connectivity index (χ0n) is 14.4. The molecule has 3 aromatic rings. The van der Waals surface area contributed by atoms with Gasteiger partial charge in [-0.25, -0.2) is 0 Å². The van der Waals surface area contributed by atoms with E-state index in [2.05, 4.69) is 58.8 Å². The van der Waals surface area contributed by atoms with Crippen LogP contribution in [-0.4, -0.2) is 23.9 Å². The largest absolute Gasteiger partial charge is 0.496 e. The van der Waals surface area contributed by atoms with E-state index in [9.17, 15) is 0 Å². The molecular formula is C19H21N3OS2. The summed E-state index contributed by atoms with van der Waals surface area (Å²) >= 11 is 3.28. The highest BCUT2D eigenvalue weighted by Gasteiger charge is 2.08. The summed E-state index contributed by atoms with van der Waals surface area (Å²) in [4.78, 5) is 0. The number of benzene rings is 2. The maximum atomic E-state index is 5.43. The number of aryl methyl sites for hydroxylation is 1. The molecule has 1 N–H and O–H groups in total. The average molecular weight is 372 g/mol. The van der Waals surface area contributed by atoms with E-state index in [1.54, 1.807) is 30.2 Å². The van der Waals surface area contributed by atoms with Gasteiger partial charge < -0.3 is 10.1 Å². The lowest BCUT2D eigenvalue weighted by Crippen LogP contribution is -2.04. The molecule has 1 aromatic heterocycles. The highest BCUT2D eigenvalue weighted by atomic mass is 32.2. The third-order valence-electron chi connectivity index (χ3n) is 3.73. The van der Waals surface area contributed by atoms with Gasteiger partial charge in [0.25, 0.3) is 0 Å². The van der Waals surface area contributed by atoms with Gasteiger partial charge in [-0.15, -0.1) is 10.2 Å². The Labute approximate surface area is 156 Å². The van der Waals surface area contributed by atoms with E-state index in [4.69, 9.17) is 4.74 Å². The number of ether oxygens (including phenoxy) is 1. The summed E-state index contributed by atoms with van der Waals surface area (Å²) in [5, 5.41) is 12.7. The molecule has 0 unspecified atom stereocenters. The predicted molar refractivity (Wildman–Crippen MR) is 106 cm³/mol. The van der Waals surface area contributed by atoms with Crippen LogP contribution in [0.5, 0.6) is 5.75 Å². The molecule has 0 aliphatic heterocycles. The fourth-order valence-electron chi connectivity index (χ4n) is 2.46. The molecule has 0 aliphatic rings. The smallest absolute Gasteiger partial charge is 0.206 e. The van der Waals surface area contributed by atoms with Gasteiger partial charge >= 0.3 is 0 Å².